The molecular formula is C8H19NO. The Morgan fingerprint density at radius 1 is 1.40 bits per heavy atom. The van der Waals surface area contributed by atoms with Gasteiger partial charge in [-0.25, -0.2) is 0 Å². The molecule has 0 radical (unpaired) electrons. The highest BCUT2D eigenvalue weighted by molar-refractivity contribution is 4.80. The summed E-state index contributed by atoms with van der Waals surface area (Å²) in [6.45, 7) is 8.51. The number of hydrogen-bond acceptors (Lipinski definition) is 2. The quantitative estimate of drug-likeness (QED) is 0.622. The van der Waals surface area contributed by atoms with Gasteiger partial charge in [-0.1, -0.05) is 27.7 Å². The summed E-state index contributed by atoms with van der Waals surface area (Å²) < 4.78 is 0. The Morgan fingerprint density at radius 2 is 1.80 bits per heavy atom. The molecule has 0 aliphatic carbocycles. The highest BCUT2D eigenvalue weighted by Crippen LogP contribution is 2.23. The molecule has 0 bridgehead atoms. The predicted molar refractivity (Wildman–Crippen MR) is 43.7 cm³/mol. The fraction of sp³-hybridized carbons (Fsp3) is 1.00. The van der Waals surface area contributed by atoms with Crippen molar-refractivity contribution in [1.82, 2.24) is 0 Å². The molecule has 0 saturated carbocycles. The Balaban J connectivity index is 4.03. The lowest BCUT2D eigenvalue weighted by atomic mass is 9.81. The lowest BCUT2D eigenvalue weighted by molar-refractivity contribution is 0.0186. The number of aliphatic hydroxyl groups is 1. The van der Waals surface area contributed by atoms with Crippen molar-refractivity contribution in [2.75, 3.05) is 6.54 Å². The van der Waals surface area contributed by atoms with Gasteiger partial charge in [-0.3, -0.25) is 0 Å². The maximum Gasteiger partial charge on any atom is 0.0626 e. The van der Waals surface area contributed by atoms with Crippen LogP contribution in [0.2, 0.25) is 0 Å². The molecular weight excluding hydrogens is 126 g/mol. The highest BCUT2D eigenvalue weighted by Gasteiger charge is 2.28. The summed E-state index contributed by atoms with van der Waals surface area (Å²) in [4.78, 5) is 0. The SMILES string of the molecule is CC(C)C(O)C(C)(C)CN. The predicted octanol–water partition coefficient (Wildman–Crippen LogP) is 0.988. The van der Waals surface area contributed by atoms with E-state index in [1.165, 1.54) is 0 Å². The molecule has 3 N–H and O–H groups in total. The van der Waals surface area contributed by atoms with Crippen molar-refractivity contribution in [3.05, 3.63) is 0 Å². The van der Waals surface area contributed by atoms with Gasteiger partial charge >= 0.3 is 0 Å². The third-order valence-corrected chi connectivity index (χ3v) is 1.96. The van der Waals surface area contributed by atoms with E-state index in [9.17, 15) is 5.11 Å². The molecule has 0 aliphatic rings. The number of rotatable bonds is 3. The topological polar surface area (TPSA) is 46.2 Å². The van der Waals surface area contributed by atoms with Crippen LogP contribution in [0.4, 0.5) is 0 Å². The fourth-order valence-corrected chi connectivity index (χ4v) is 1.02. The maximum absolute atomic E-state index is 9.57. The van der Waals surface area contributed by atoms with Gasteiger partial charge in [-0.2, -0.15) is 0 Å². The smallest absolute Gasteiger partial charge is 0.0626 e. The number of nitrogens with two attached hydrogens (primary N) is 1. The molecule has 62 valence electrons. The monoisotopic (exact) mass is 145 g/mol. The fourth-order valence-electron chi connectivity index (χ4n) is 1.02. The van der Waals surface area contributed by atoms with Crippen LogP contribution in [-0.2, 0) is 0 Å². The van der Waals surface area contributed by atoms with Crippen molar-refractivity contribution in [3.8, 4) is 0 Å². The summed E-state index contributed by atoms with van der Waals surface area (Å²) in [7, 11) is 0. The first-order chi connectivity index (χ1) is 4.41. The van der Waals surface area contributed by atoms with Crippen molar-refractivity contribution in [3.63, 3.8) is 0 Å². The van der Waals surface area contributed by atoms with Gasteiger partial charge in [0.25, 0.3) is 0 Å². The second-order valence-corrected chi connectivity index (χ2v) is 3.88. The van der Waals surface area contributed by atoms with Gasteiger partial charge < -0.3 is 10.8 Å². The third kappa shape index (κ3) is 2.27. The van der Waals surface area contributed by atoms with E-state index in [0.717, 1.165) is 0 Å². The largest absolute Gasteiger partial charge is 0.392 e. The Bertz CT molecular complexity index is 99.4. The first kappa shape index (κ1) is 9.92. The first-order valence-electron chi connectivity index (χ1n) is 3.80. The lowest BCUT2D eigenvalue weighted by Crippen LogP contribution is -2.39. The van der Waals surface area contributed by atoms with Crippen molar-refractivity contribution in [1.29, 1.82) is 0 Å². The molecule has 0 rings (SSSR count). The van der Waals surface area contributed by atoms with E-state index in [4.69, 9.17) is 5.73 Å². The zero-order chi connectivity index (χ0) is 8.36. The zero-order valence-corrected chi connectivity index (χ0v) is 7.39. The van der Waals surface area contributed by atoms with Gasteiger partial charge in [0.2, 0.25) is 0 Å². The van der Waals surface area contributed by atoms with Crippen LogP contribution in [-0.4, -0.2) is 17.8 Å². The van der Waals surface area contributed by atoms with E-state index in [0.29, 0.717) is 12.5 Å². The minimum Gasteiger partial charge on any atom is -0.392 e. The number of hydrogen-bond donors (Lipinski definition) is 2. The molecule has 0 aromatic rings. The summed E-state index contributed by atoms with van der Waals surface area (Å²) in [6, 6.07) is 0. The van der Waals surface area contributed by atoms with Crippen LogP contribution >= 0.6 is 0 Å². The molecule has 1 atom stereocenters. The van der Waals surface area contributed by atoms with Crippen molar-refractivity contribution >= 4 is 0 Å². The summed E-state index contributed by atoms with van der Waals surface area (Å²) in [5.41, 5.74) is 5.34. The molecule has 0 aromatic heterocycles. The van der Waals surface area contributed by atoms with E-state index in [1.807, 2.05) is 27.7 Å². The van der Waals surface area contributed by atoms with Crippen molar-refractivity contribution in [2.24, 2.45) is 17.1 Å². The van der Waals surface area contributed by atoms with Gasteiger partial charge in [0.05, 0.1) is 6.10 Å². The summed E-state index contributed by atoms with van der Waals surface area (Å²) in [5, 5.41) is 9.57. The minimum absolute atomic E-state index is 0.145. The first-order valence-corrected chi connectivity index (χ1v) is 3.80. The minimum atomic E-state index is -0.294. The summed E-state index contributed by atoms with van der Waals surface area (Å²) >= 11 is 0. The average molecular weight is 145 g/mol. The van der Waals surface area contributed by atoms with Gasteiger partial charge in [-0.05, 0) is 12.5 Å². The maximum atomic E-state index is 9.57. The summed E-state index contributed by atoms with van der Waals surface area (Å²) in [5.74, 6) is 0.290. The highest BCUT2D eigenvalue weighted by atomic mass is 16.3. The van der Waals surface area contributed by atoms with Crippen molar-refractivity contribution in [2.45, 2.75) is 33.8 Å². The van der Waals surface area contributed by atoms with Crippen LogP contribution in [0.1, 0.15) is 27.7 Å². The standard InChI is InChI=1S/C8H19NO/c1-6(2)7(10)8(3,4)5-9/h6-7,10H,5,9H2,1-4H3. The van der Waals surface area contributed by atoms with Gasteiger partial charge in [0.1, 0.15) is 0 Å². The molecule has 2 heteroatoms. The molecule has 0 spiro atoms. The van der Waals surface area contributed by atoms with Gasteiger partial charge in [0, 0.05) is 5.41 Å². The Labute approximate surface area is 63.4 Å². The normalized spacial score (nSPS) is 15.9. The average Bonchev–Trinajstić information content (AvgIpc) is 1.86. The Kier molecular flexibility index (Phi) is 3.33. The van der Waals surface area contributed by atoms with E-state index in [-0.39, 0.29) is 11.5 Å². The van der Waals surface area contributed by atoms with Crippen LogP contribution in [0.5, 0.6) is 0 Å². The molecule has 0 fully saturated rings. The van der Waals surface area contributed by atoms with Crippen LogP contribution < -0.4 is 5.73 Å². The zero-order valence-electron chi connectivity index (χ0n) is 7.39. The van der Waals surface area contributed by atoms with E-state index < -0.39 is 0 Å². The Hall–Kier alpha value is -0.0800. The van der Waals surface area contributed by atoms with E-state index in [2.05, 4.69) is 0 Å². The second-order valence-electron chi connectivity index (χ2n) is 3.88. The third-order valence-electron chi connectivity index (χ3n) is 1.96. The molecule has 10 heavy (non-hydrogen) atoms. The number of aliphatic hydroxyl groups excluding tert-OH is 1. The molecule has 0 aromatic carbocycles. The Morgan fingerprint density at radius 3 is 1.90 bits per heavy atom. The molecule has 0 heterocycles. The van der Waals surface area contributed by atoms with Crippen LogP contribution in [0.15, 0.2) is 0 Å². The molecule has 2 nitrogen and oxygen atoms in total. The molecule has 0 aliphatic heterocycles. The summed E-state index contributed by atoms with van der Waals surface area (Å²) in [6.07, 6.45) is -0.294. The van der Waals surface area contributed by atoms with E-state index >= 15 is 0 Å². The molecule has 1 unspecified atom stereocenters. The second kappa shape index (κ2) is 3.35. The molecule has 0 amide bonds. The molecule has 0 saturated heterocycles. The van der Waals surface area contributed by atoms with Crippen LogP contribution in [0, 0.1) is 11.3 Å². The van der Waals surface area contributed by atoms with Crippen molar-refractivity contribution < 1.29 is 5.11 Å². The van der Waals surface area contributed by atoms with E-state index in [1.54, 1.807) is 0 Å². The van der Waals surface area contributed by atoms with Gasteiger partial charge in [0.15, 0.2) is 0 Å². The van der Waals surface area contributed by atoms with Crippen LogP contribution in [0.25, 0.3) is 0 Å². The lowest BCUT2D eigenvalue weighted by Gasteiger charge is -2.31. The van der Waals surface area contributed by atoms with Gasteiger partial charge in [-0.15, -0.1) is 0 Å². The van der Waals surface area contributed by atoms with Crippen LogP contribution in [0.3, 0.4) is 0 Å².